The van der Waals surface area contributed by atoms with E-state index in [9.17, 15) is 4.79 Å². The van der Waals surface area contributed by atoms with E-state index in [-0.39, 0.29) is 12.5 Å². The van der Waals surface area contributed by atoms with Gasteiger partial charge in [0, 0.05) is 31.9 Å². The Morgan fingerprint density at radius 3 is 2.31 bits per heavy atom. The Morgan fingerprint density at radius 2 is 1.65 bits per heavy atom. The van der Waals surface area contributed by atoms with Crippen molar-refractivity contribution in [3.63, 3.8) is 0 Å². The summed E-state index contributed by atoms with van der Waals surface area (Å²) in [5, 5.41) is 3.17. The molecule has 1 aliphatic heterocycles. The standard InChI is InChI=1S/C20H25N3O3/c1-25-17-9-7-16(8-10-17)22-11-13-23(14-12-22)20(24)15-21-18-5-3-4-6-19(18)26-2/h3-10,21H,11-15H2,1-2H3. The molecule has 26 heavy (non-hydrogen) atoms. The van der Waals surface area contributed by atoms with Crippen molar-refractivity contribution in [2.24, 2.45) is 0 Å². The third-order valence-corrected chi connectivity index (χ3v) is 4.61. The van der Waals surface area contributed by atoms with E-state index in [1.807, 2.05) is 41.3 Å². The van der Waals surface area contributed by atoms with Crippen LogP contribution in [0.4, 0.5) is 11.4 Å². The summed E-state index contributed by atoms with van der Waals surface area (Å²) < 4.78 is 10.5. The first-order valence-electron chi connectivity index (χ1n) is 8.75. The number of nitrogens with one attached hydrogen (secondary N) is 1. The first-order chi connectivity index (χ1) is 12.7. The molecular weight excluding hydrogens is 330 g/mol. The maximum atomic E-state index is 12.5. The fraction of sp³-hybridized carbons (Fsp3) is 0.350. The first kappa shape index (κ1) is 17.9. The van der Waals surface area contributed by atoms with Gasteiger partial charge >= 0.3 is 0 Å². The van der Waals surface area contributed by atoms with Crippen molar-refractivity contribution in [3.8, 4) is 11.5 Å². The van der Waals surface area contributed by atoms with Gasteiger partial charge in [0.1, 0.15) is 11.5 Å². The maximum Gasteiger partial charge on any atom is 0.241 e. The molecular formula is C20H25N3O3. The van der Waals surface area contributed by atoms with Crippen LogP contribution in [0.1, 0.15) is 0 Å². The van der Waals surface area contributed by atoms with Crippen LogP contribution in [0.25, 0.3) is 0 Å². The van der Waals surface area contributed by atoms with Crippen molar-refractivity contribution < 1.29 is 14.3 Å². The SMILES string of the molecule is COc1ccc(N2CCN(C(=O)CNc3ccccc3OC)CC2)cc1. The van der Waals surface area contributed by atoms with Crippen molar-refractivity contribution in [3.05, 3.63) is 48.5 Å². The molecule has 6 nitrogen and oxygen atoms in total. The van der Waals surface area contributed by atoms with Crippen molar-refractivity contribution in [2.45, 2.75) is 0 Å². The number of benzene rings is 2. The lowest BCUT2D eigenvalue weighted by molar-refractivity contribution is -0.129. The Balaban J connectivity index is 1.50. The third-order valence-electron chi connectivity index (χ3n) is 4.61. The van der Waals surface area contributed by atoms with Crippen LogP contribution in [0.5, 0.6) is 11.5 Å². The van der Waals surface area contributed by atoms with E-state index in [4.69, 9.17) is 9.47 Å². The highest BCUT2D eigenvalue weighted by molar-refractivity contribution is 5.81. The molecule has 1 N–H and O–H groups in total. The molecule has 3 rings (SSSR count). The molecule has 0 aromatic heterocycles. The highest BCUT2D eigenvalue weighted by Crippen LogP contribution is 2.23. The summed E-state index contributed by atoms with van der Waals surface area (Å²) in [6.07, 6.45) is 0. The summed E-state index contributed by atoms with van der Waals surface area (Å²) in [7, 11) is 3.29. The highest BCUT2D eigenvalue weighted by atomic mass is 16.5. The van der Waals surface area contributed by atoms with Gasteiger partial charge in [-0.05, 0) is 36.4 Å². The number of piperazine rings is 1. The summed E-state index contributed by atoms with van der Waals surface area (Å²) in [6, 6.07) is 15.6. The van der Waals surface area contributed by atoms with Gasteiger partial charge in [-0.15, -0.1) is 0 Å². The quantitative estimate of drug-likeness (QED) is 0.863. The number of para-hydroxylation sites is 2. The van der Waals surface area contributed by atoms with E-state index >= 15 is 0 Å². The number of methoxy groups -OCH3 is 2. The molecule has 0 radical (unpaired) electrons. The normalized spacial score (nSPS) is 14.1. The number of nitrogens with zero attached hydrogens (tertiary/aromatic N) is 2. The lowest BCUT2D eigenvalue weighted by Crippen LogP contribution is -2.50. The fourth-order valence-electron chi connectivity index (χ4n) is 3.08. The molecule has 2 aromatic rings. The Labute approximate surface area is 154 Å². The van der Waals surface area contributed by atoms with E-state index < -0.39 is 0 Å². The largest absolute Gasteiger partial charge is 0.497 e. The van der Waals surface area contributed by atoms with Crippen molar-refractivity contribution >= 4 is 17.3 Å². The predicted molar refractivity (Wildman–Crippen MR) is 103 cm³/mol. The van der Waals surface area contributed by atoms with Crippen LogP contribution in [0.3, 0.4) is 0 Å². The molecule has 0 spiro atoms. The number of ether oxygens (including phenoxy) is 2. The molecule has 0 aliphatic carbocycles. The Hall–Kier alpha value is -2.89. The zero-order valence-corrected chi connectivity index (χ0v) is 15.3. The van der Waals surface area contributed by atoms with Gasteiger partial charge in [-0.2, -0.15) is 0 Å². The smallest absolute Gasteiger partial charge is 0.241 e. The van der Waals surface area contributed by atoms with E-state index in [1.54, 1.807) is 14.2 Å². The van der Waals surface area contributed by atoms with E-state index in [0.717, 1.165) is 49.1 Å². The van der Waals surface area contributed by atoms with Crippen molar-refractivity contribution in [1.29, 1.82) is 0 Å². The second-order valence-electron chi connectivity index (χ2n) is 6.12. The van der Waals surface area contributed by atoms with Crippen LogP contribution in [0, 0.1) is 0 Å². The van der Waals surface area contributed by atoms with Crippen LogP contribution in [0.2, 0.25) is 0 Å². The van der Waals surface area contributed by atoms with Crippen LogP contribution in [-0.4, -0.2) is 57.8 Å². The Bertz CT molecular complexity index is 725. The van der Waals surface area contributed by atoms with E-state index in [1.165, 1.54) is 0 Å². The molecule has 1 heterocycles. The molecule has 0 atom stereocenters. The Morgan fingerprint density at radius 1 is 0.962 bits per heavy atom. The van der Waals surface area contributed by atoms with Crippen LogP contribution in [0.15, 0.2) is 48.5 Å². The molecule has 1 amide bonds. The number of hydrogen-bond acceptors (Lipinski definition) is 5. The number of anilines is 2. The molecule has 138 valence electrons. The lowest BCUT2D eigenvalue weighted by atomic mass is 10.2. The first-order valence-corrected chi connectivity index (χ1v) is 8.75. The minimum Gasteiger partial charge on any atom is -0.497 e. The summed E-state index contributed by atoms with van der Waals surface area (Å²) in [5.74, 6) is 1.69. The van der Waals surface area contributed by atoms with E-state index in [2.05, 4.69) is 22.3 Å². The Kier molecular flexibility index (Phi) is 5.84. The van der Waals surface area contributed by atoms with Crippen LogP contribution in [-0.2, 0) is 4.79 Å². The molecule has 1 aliphatic rings. The fourth-order valence-corrected chi connectivity index (χ4v) is 3.08. The second kappa shape index (κ2) is 8.47. The molecule has 6 heteroatoms. The number of amides is 1. The van der Waals surface area contributed by atoms with Gasteiger partial charge in [0.05, 0.1) is 26.5 Å². The monoisotopic (exact) mass is 355 g/mol. The summed E-state index contributed by atoms with van der Waals surface area (Å²) >= 11 is 0. The van der Waals surface area contributed by atoms with Gasteiger partial charge in [0.25, 0.3) is 0 Å². The highest BCUT2D eigenvalue weighted by Gasteiger charge is 2.21. The second-order valence-corrected chi connectivity index (χ2v) is 6.12. The minimum atomic E-state index is 0.102. The number of carbonyl (C=O) groups is 1. The molecule has 1 saturated heterocycles. The van der Waals surface area contributed by atoms with Crippen molar-refractivity contribution in [1.82, 2.24) is 4.90 Å². The molecule has 0 unspecified atom stereocenters. The predicted octanol–water partition coefficient (Wildman–Crippen LogP) is 2.46. The molecule has 1 fully saturated rings. The van der Waals surface area contributed by atoms with Crippen LogP contribution < -0.4 is 19.7 Å². The van der Waals surface area contributed by atoms with Gasteiger partial charge in [0.2, 0.25) is 5.91 Å². The van der Waals surface area contributed by atoms with Gasteiger partial charge < -0.3 is 24.6 Å². The van der Waals surface area contributed by atoms with Crippen molar-refractivity contribution in [2.75, 3.05) is 57.2 Å². The van der Waals surface area contributed by atoms with Gasteiger partial charge in [-0.25, -0.2) is 0 Å². The topological polar surface area (TPSA) is 54.0 Å². The van der Waals surface area contributed by atoms with Gasteiger partial charge in [-0.3, -0.25) is 4.79 Å². The third kappa shape index (κ3) is 4.20. The zero-order chi connectivity index (χ0) is 18.4. The number of hydrogen-bond donors (Lipinski definition) is 1. The zero-order valence-electron chi connectivity index (χ0n) is 15.3. The lowest BCUT2D eigenvalue weighted by Gasteiger charge is -2.36. The summed E-state index contributed by atoms with van der Waals surface area (Å²) in [6.45, 7) is 3.36. The van der Waals surface area contributed by atoms with Gasteiger partial charge in [0.15, 0.2) is 0 Å². The molecule has 0 saturated carbocycles. The molecule has 0 bridgehead atoms. The summed E-state index contributed by atoms with van der Waals surface area (Å²) in [4.78, 5) is 16.7. The van der Waals surface area contributed by atoms with Crippen LogP contribution >= 0.6 is 0 Å². The van der Waals surface area contributed by atoms with Gasteiger partial charge in [-0.1, -0.05) is 12.1 Å². The average molecular weight is 355 g/mol. The number of rotatable bonds is 6. The summed E-state index contributed by atoms with van der Waals surface area (Å²) in [5.41, 5.74) is 1.99. The van der Waals surface area contributed by atoms with E-state index in [0.29, 0.717) is 0 Å². The molecule has 2 aromatic carbocycles. The average Bonchev–Trinajstić information content (AvgIpc) is 2.72. The number of carbonyl (C=O) groups excluding carboxylic acids is 1. The maximum absolute atomic E-state index is 12.5. The minimum absolute atomic E-state index is 0.102.